The number of methoxy groups -OCH3 is 2. The van der Waals surface area contributed by atoms with Crippen molar-refractivity contribution in [3.8, 4) is 11.5 Å². The quantitative estimate of drug-likeness (QED) is 0.283. The maximum Gasteiger partial charge on any atom is 0.261 e. The lowest BCUT2D eigenvalue weighted by Gasteiger charge is -2.34. The highest BCUT2D eigenvalue weighted by molar-refractivity contribution is 7.92. The van der Waals surface area contributed by atoms with Gasteiger partial charge < -0.3 is 19.7 Å². The lowest BCUT2D eigenvalue weighted by Crippen LogP contribution is -2.48. The average Bonchev–Trinajstić information content (AvgIpc) is 3.44. The van der Waals surface area contributed by atoms with Crippen LogP contribution in [0.2, 0.25) is 0 Å². The first-order valence-electron chi connectivity index (χ1n) is 13.2. The molecule has 0 spiro atoms. The summed E-state index contributed by atoms with van der Waals surface area (Å²) in [5.74, 6) is 1.01. The Morgan fingerprint density at radius 3 is 2.41 bits per heavy atom. The highest BCUT2D eigenvalue weighted by Crippen LogP contribution is 2.36. The number of hydrogen-bond acceptors (Lipinski definition) is 9. The topological polar surface area (TPSA) is 113 Å². The van der Waals surface area contributed by atoms with E-state index < -0.39 is 10.0 Å². The molecule has 1 aliphatic heterocycles. The molecule has 1 fully saturated rings. The largest absolute Gasteiger partial charge is 0.497 e. The van der Waals surface area contributed by atoms with Crippen LogP contribution < -0.4 is 24.4 Å². The Balaban J connectivity index is 1.15. The van der Waals surface area contributed by atoms with Crippen molar-refractivity contribution in [2.75, 3.05) is 63.1 Å². The number of aromatic nitrogens is 1. The Kier molecular flexibility index (Phi) is 8.62. The summed E-state index contributed by atoms with van der Waals surface area (Å²) in [6.45, 7) is 6.59. The molecule has 0 radical (unpaired) electrons. The van der Waals surface area contributed by atoms with E-state index in [2.05, 4.69) is 32.8 Å². The second-order valence-electron chi connectivity index (χ2n) is 9.67. The number of anilines is 2. The number of nitrogens with one attached hydrogen (secondary N) is 2. The number of hydrogen-bond donors (Lipinski definition) is 2. The molecule has 10 nitrogen and oxygen atoms in total. The molecule has 2 N–H and O–H groups in total. The van der Waals surface area contributed by atoms with Crippen LogP contribution >= 0.6 is 11.3 Å². The van der Waals surface area contributed by atoms with E-state index in [-0.39, 0.29) is 22.1 Å². The number of thiazole rings is 1. The number of fused-ring (bicyclic) bond motifs is 1. The summed E-state index contributed by atoms with van der Waals surface area (Å²) in [5.41, 5.74) is 2.58. The van der Waals surface area contributed by atoms with Crippen LogP contribution in [0.25, 0.3) is 10.2 Å². The summed E-state index contributed by atoms with van der Waals surface area (Å²) in [7, 11) is -0.705. The molecule has 0 bridgehead atoms. The molecular weight excluding hydrogens is 562 g/mol. The molecule has 1 aromatic heterocycles. The van der Waals surface area contributed by atoms with Crippen LogP contribution in [-0.4, -0.2) is 77.7 Å². The molecule has 12 heteroatoms. The molecule has 0 unspecified atom stereocenters. The fourth-order valence-corrected chi connectivity index (χ4v) is 6.90. The minimum atomic E-state index is -3.89. The predicted molar refractivity (Wildman–Crippen MR) is 162 cm³/mol. The number of benzene rings is 3. The number of carbonyl (C=O) groups excluding carboxylic acids is 1. The molecule has 0 aliphatic carbocycles. The third kappa shape index (κ3) is 6.39. The second-order valence-corrected chi connectivity index (χ2v) is 12.3. The zero-order chi connectivity index (χ0) is 29.0. The first-order valence-corrected chi connectivity index (χ1v) is 15.5. The van der Waals surface area contributed by atoms with Crippen molar-refractivity contribution in [2.45, 2.75) is 11.8 Å². The molecule has 216 valence electrons. The lowest BCUT2D eigenvalue weighted by atomic mass is 10.1. The van der Waals surface area contributed by atoms with Crippen molar-refractivity contribution in [3.05, 3.63) is 71.8 Å². The van der Waals surface area contributed by atoms with Crippen LogP contribution in [0.5, 0.6) is 11.5 Å². The van der Waals surface area contributed by atoms with Gasteiger partial charge in [0, 0.05) is 39.3 Å². The van der Waals surface area contributed by atoms with Gasteiger partial charge in [0.15, 0.2) is 5.13 Å². The Hall–Kier alpha value is -3.87. The SMILES string of the molecule is COc1ccc(S(=O)(=O)Nc2ccccc2C(=O)NCCN2CCN(c3nc4c(OC)ccc(C)c4s3)CC2)cc1. The number of aryl methyl sites for hydroxylation is 1. The van der Waals surface area contributed by atoms with Gasteiger partial charge in [0.25, 0.3) is 15.9 Å². The average molecular weight is 596 g/mol. The monoisotopic (exact) mass is 595 g/mol. The molecule has 41 heavy (non-hydrogen) atoms. The molecule has 0 saturated carbocycles. The van der Waals surface area contributed by atoms with Gasteiger partial charge in [0.1, 0.15) is 17.0 Å². The first-order chi connectivity index (χ1) is 19.8. The van der Waals surface area contributed by atoms with Crippen molar-refractivity contribution in [3.63, 3.8) is 0 Å². The van der Waals surface area contributed by atoms with Crippen LogP contribution in [0, 0.1) is 6.92 Å². The van der Waals surface area contributed by atoms with Gasteiger partial charge >= 0.3 is 0 Å². The lowest BCUT2D eigenvalue weighted by molar-refractivity contribution is 0.0948. The molecule has 3 aromatic carbocycles. The van der Waals surface area contributed by atoms with Gasteiger partial charge in [-0.25, -0.2) is 13.4 Å². The summed E-state index contributed by atoms with van der Waals surface area (Å²) in [4.78, 5) is 22.5. The van der Waals surface area contributed by atoms with Crippen molar-refractivity contribution < 1.29 is 22.7 Å². The van der Waals surface area contributed by atoms with Gasteiger partial charge in [-0.1, -0.05) is 29.5 Å². The molecule has 0 atom stereocenters. The Labute approximate surface area is 243 Å². The summed E-state index contributed by atoms with van der Waals surface area (Å²) in [6.07, 6.45) is 0. The minimum absolute atomic E-state index is 0.0766. The molecular formula is C29H33N5O5S2. The number of piperazine rings is 1. The number of amides is 1. The summed E-state index contributed by atoms with van der Waals surface area (Å²) in [6, 6.07) is 16.7. The van der Waals surface area contributed by atoms with Crippen molar-refractivity contribution in [1.29, 1.82) is 0 Å². The number of carbonyl (C=O) groups is 1. The van der Waals surface area contributed by atoms with E-state index in [1.807, 2.05) is 6.07 Å². The minimum Gasteiger partial charge on any atom is -0.497 e. The van der Waals surface area contributed by atoms with Gasteiger partial charge in [-0.3, -0.25) is 14.4 Å². The number of para-hydroxylation sites is 1. The van der Waals surface area contributed by atoms with Crippen molar-refractivity contribution >= 4 is 48.3 Å². The maximum absolute atomic E-state index is 13.0. The highest BCUT2D eigenvalue weighted by atomic mass is 32.2. The summed E-state index contributed by atoms with van der Waals surface area (Å²) >= 11 is 1.69. The van der Waals surface area contributed by atoms with Crippen LogP contribution in [-0.2, 0) is 10.0 Å². The van der Waals surface area contributed by atoms with Crippen LogP contribution in [0.15, 0.2) is 65.6 Å². The molecule has 2 heterocycles. The molecule has 4 aromatic rings. The van der Waals surface area contributed by atoms with E-state index in [9.17, 15) is 13.2 Å². The van der Waals surface area contributed by atoms with E-state index in [1.54, 1.807) is 54.8 Å². The number of sulfonamides is 1. The number of nitrogens with zero attached hydrogens (tertiary/aromatic N) is 3. The molecule has 1 aliphatic rings. The Morgan fingerprint density at radius 2 is 1.71 bits per heavy atom. The second kappa shape index (κ2) is 12.3. The van der Waals surface area contributed by atoms with Gasteiger partial charge in [-0.2, -0.15) is 0 Å². The van der Waals surface area contributed by atoms with Gasteiger partial charge in [0.05, 0.1) is 35.1 Å². The third-order valence-electron chi connectivity index (χ3n) is 7.05. The molecule has 5 rings (SSSR count). The number of rotatable bonds is 10. The molecule has 1 amide bonds. The Bertz CT molecular complexity index is 1630. The van der Waals surface area contributed by atoms with E-state index in [0.717, 1.165) is 47.3 Å². The van der Waals surface area contributed by atoms with E-state index in [0.29, 0.717) is 18.8 Å². The third-order valence-corrected chi connectivity index (χ3v) is 9.69. The maximum atomic E-state index is 13.0. The highest BCUT2D eigenvalue weighted by Gasteiger charge is 2.22. The summed E-state index contributed by atoms with van der Waals surface area (Å²) in [5, 5.41) is 3.93. The van der Waals surface area contributed by atoms with Crippen molar-refractivity contribution in [2.24, 2.45) is 0 Å². The zero-order valence-corrected chi connectivity index (χ0v) is 24.8. The van der Waals surface area contributed by atoms with Crippen molar-refractivity contribution in [1.82, 2.24) is 15.2 Å². The van der Waals surface area contributed by atoms with Gasteiger partial charge in [-0.15, -0.1) is 0 Å². The number of ether oxygens (including phenoxy) is 2. The smallest absolute Gasteiger partial charge is 0.261 e. The van der Waals surface area contributed by atoms with Gasteiger partial charge in [0.2, 0.25) is 0 Å². The molecule has 1 saturated heterocycles. The van der Waals surface area contributed by atoms with Crippen LogP contribution in [0.1, 0.15) is 15.9 Å². The summed E-state index contributed by atoms with van der Waals surface area (Å²) < 4.78 is 40.1. The van der Waals surface area contributed by atoms with E-state index >= 15 is 0 Å². The first kappa shape index (κ1) is 28.7. The van der Waals surface area contributed by atoms with Gasteiger partial charge in [-0.05, 0) is 55.0 Å². The van der Waals surface area contributed by atoms with E-state index in [4.69, 9.17) is 14.5 Å². The normalized spacial score (nSPS) is 14.2. The fourth-order valence-electron chi connectivity index (χ4n) is 4.71. The van der Waals surface area contributed by atoms with Crippen LogP contribution in [0.4, 0.5) is 10.8 Å². The fraction of sp³-hybridized carbons (Fsp3) is 0.310. The van der Waals surface area contributed by atoms with Crippen LogP contribution in [0.3, 0.4) is 0 Å². The van der Waals surface area contributed by atoms with E-state index in [1.165, 1.54) is 24.8 Å². The predicted octanol–water partition coefficient (Wildman–Crippen LogP) is 3.97. The Morgan fingerprint density at radius 1 is 0.976 bits per heavy atom. The standard InChI is InChI=1S/C29H33N5O5S2/c1-20-8-13-25(39-3)26-27(20)40-29(31-26)34-18-16-33(17-19-34)15-14-30-28(35)23-6-4-5-7-24(23)32-41(36,37)22-11-9-21(38-2)10-12-22/h4-13,32H,14-19H2,1-3H3,(H,30,35). The zero-order valence-electron chi connectivity index (χ0n) is 23.2.